The van der Waals surface area contributed by atoms with Gasteiger partial charge in [0.25, 0.3) is 5.91 Å². The predicted octanol–water partition coefficient (Wildman–Crippen LogP) is 4.12. The summed E-state index contributed by atoms with van der Waals surface area (Å²) in [5, 5.41) is 16.9. The topological polar surface area (TPSA) is 109 Å². The van der Waals surface area contributed by atoms with Crippen LogP contribution in [0.4, 0.5) is 0 Å². The fourth-order valence-corrected chi connectivity index (χ4v) is 8.31. The van der Waals surface area contributed by atoms with Crippen molar-refractivity contribution in [2.75, 3.05) is 26.3 Å². The summed E-state index contributed by atoms with van der Waals surface area (Å²) < 4.78 is 18.7. The van der Waals surface area contributed by atoms with E-state index in [1.54, 1.807) is 18.2 Å². The summed E-state index contributed by atoms with van der Waals surface area (Å²) in [4.78, 5) is 30.0. The molecule has 9 nitrogen and oxygen atoms in total. The highest BCUT2D eigenvalue weighted by Gasteiger charge is 2.63. The Morgan fingerprint density at radius 3 is 2.54 bits per heavy atom. The van der Waals surface area contributed by atoms with Crippen molar-refractivity contribution in [3.8, 4) is 5.75 Å². The number of nitrogens with zero attached hydrogens (tertiary/aromatic N) is 1. The third-order valence-electron chi connectivity index (χ3n) is 11.6. The fraction of sp³-hybridized carbons (Fsp3) is 0.611. The molecule has 2 unspecified atom stereocenters. The van der Waals surface area contributed by atoms with Crippen molar-refractivity contribution in [1.82, 2.24) is 15.5 Å². The van der Waals surface area contributed by atoms with E-state index in [-0.39, 0.29) is 41.1 Å². The third-order valence-corrected chi connectivity index (χ3v) is 11.6. The van der Waals surface area contributed by atoms with E-state index in [1.807, 2.05) is 30.3 Å². The lowest BCUT2D eigenvalue weighted by molar-refractivity contribution is -0.150. The number of hydrogen-bond acceptors (Lipinski definition) is 7. The zero-order chi connectivity index (χ0) is 31.8. The minimum Gasteiger partial charge on any atom is -0.508 e. The first kappa shape index (κ1) is 31.7. The molecule has 4 aliphatic carbocycles. The number of rotatable bonds is 11. The number of hydrogen-bond donors (Lipinski definition) is 3. The quantitative estimate of drug-likeness (QED) is 0.321. The molecule has 3 N–H and O–H groups in total. The summed E-state index contributed by atoms with van der Waals surface area (Å²) in [5.41, 5.74) is 2.31. The van der Waals surface area contributed by atoms with Crippen LogP contribution in [0, 0.1) is 23.2 Å². The molecule has 2 saturated heterocycles. The molecule has 6 fully saturated rings. The lowest BCUT2D eigenvalue weighted by Crippen LogP contribution is -2.59. The molecule has 46 heavy (non-hydrogen) atoms. The maximum atomic E-state index is 14.1. The van der Waals surface area contributed by atoms with Crippen molar-refractivity contribution in [3.63, 3.8) is 0 Å². The summed E-state index contributed by atoms with van der Waals surface area (Å²) in [6.07, 6.45) is 7.06. The van der Waals surface area contributed by atoms with Crippen LogP contribution in [0.3, 0.4) is 0 Å². The number of nitrogens with one attached hydrogen (secondary N) is 2. The Bertz CT molecular complexity index is 1400. The van der Waals surface area contributed by atoms with Gasteiger partial charge in [0.1, 0.15) is 11.8 Å². The molecule has 246 valence electrons. The second-order valence-electron chi connectivity index (χ2n) is 14.8. The number of benzene rings is 2. The zero-order valence-corrected chi connectivity index (χ0v) is 27.2. The van der Waals surface area contributed by atoms with Crippen LogP contribution in [0.1, 0.15) is 73.9 Å². The Hall–Kier alpha value is -2.92. The maximum Gasteiger partial charge on any atom is 0.481 e. The standard InChI is InChI=1S/C36H48BN3O6/c1-36(2)27-20-28(36)33-31(21-27)45-37(46-33)32(18-24-9-6-10-24)39-35(43)29(17-23-7-4-3-5-8-23)38-34(42)25-11-12-30(41)26(19-25)22-40-13-15-44-16-14-40/h3-5,7-8,11-12,19,24,27-29,31-33,41H,6,9-10,13-18,20-22H2,1-2H3,(H,38,42)(H,39,43)/t27-,28+,29-,31?,32-,33?/m0/s1. The van der Waals surface area contributed by atoms with Crippen LogP contribution >= 0.6 is 0 Å². The van der Waals surface area contributed by atoms with Gasteiger partial charge in [0.05, 0.1) is 31.4 Å². The Morgan fingerprint density at radius 2 is 1.83 bits per heavy atom. The van der Waals surface area contributed by atoms with Crippen LogP contribution in [0.5, 0.6) is 5.75 Å². The van der Waals surface area contributed by atoms with Crippen LogP contribution in [0.25, 0.3) is 0 Å². The van der Waals surface area contributed by atoms with E-state index in [9.17, 15) is 14.7 Å². The number of ether oxygens (including phenoxy) is 1. The molecule has 10 heteroatoms. The van der Waals surface area contributed by atoms with E-state index in [4.69, 9.17) is 14.0 Å². The minimum absolute atomic E-state index is 0.0757. The van der Waals surface area contributed by atoms with E-state index >= 15 is 0 Å². The molecular weight excluding hydrogens is 581 g/mol. The van der Waals surface area contributed by atoms with Gasteiger partial charge < -0.3 is 29.8 Å². The number of carbonyl (C=O) groups is 2. The largest absolute Gasteiger partial charge is 0.508 e. The maximum absolute atomic E-state index is 14.1. The number of morpholine rings is 1. The van der Waals surface area contributed by atoms with Crippen molar-refractivity contribution in [3.05, 3.63) is 65.2 Å². The molecule has 6 atom stereocenters. The molecule has 2 aromatic rings. The van der Waals surface area contributed by atoms with Crippen LogP contribution < -0.4 is 10.6 Å². The summed E-state index contributed by atoms with van der Waals surface area (Å²) >= 11 is 0. The zero-order valence-electron chi connectivity index (χ0n) is 27.2. The highest BCUT2D eigenvalue weighted by Crippen LogP contribution is 2.61. The average Bonchev–Trinajstić information content (AvgIpc) is 3.48. The van der Waals surface area contributed by atoms with Gasteiger partial charge in [-0.2, -0.15) is 0 Å². The van der Waals surface area contributed by atoms with Crippen molar-refractivity contribution in [2.24, 2.45) is 23.2 Å². The SMILES string of the molecule is CC1(C)[C@@H]2CC3OB([C@H](CC4CCC4)NC(=O)[C@H](Cc4ccccc4)NC(=O)c4ccc(O)c(CN5CCOCC5)c4)OC3[C@H]1C2. The summed E-state index contributed by atoms with van der Waals surface area (Å²) in [7, 11) is -0.484. The monoisotopic (exact) mass is 629 g/mol. The number of aromatic hydroxyl groups is 1. The van der Waals surface area contributed by atoms with Gasteiger partial charge in [-0.3, -0.25) is 14.5 Å². The summed E-state index contributed by atoms with van der Waals surface area (Å²) in [6, 6.07) is 13.9. The van der Waals surface area contributed by atoms with Crippen molar-refractivity contribution in [1.29, 1.82) is 0 Å². The molecule has 2 bridgehead atoms. The Labute approximate surface area is 272 Å². The first-order valence-corrected chi connectivity index (χ1v) is 17.3. The van der Waals surface area contributed by atoms with Gasteiger partial charge in [-0.25, -0.2) is 0 Å². The van der Waals surface area contributed by atoms with Gasteiger partial charge in [0, 0.05) is 37.2 Å². The molecule has 8 rings (SSSR count). The van der Waals surface area contributed by atoms with Crippen LogP contribution in [-0.2, 0) is 31.8 Å². The molecule has 2 amide bonds. The van der Waals surface area contributed by atoms with E-state index in [2.05, 4.69) is 29.4 Å². The Balaban J connectivity index is 1.07. The molecular formula is C36H48BN3O6. The normalized spacial score (nSPS) is 28.3. The Kier molecular flexibility index (Phi) is 9.16. The Morgan fingerprint density at radius 1 is 1.04 bits per heavy atom. The lowest BCUT2D eigenvalue weighted by Gasteiger charge is -2.60. The van der Waals surface area contributed by atoms with Gasteiger partial charge in [-0.05, 0) is 66.2 Å². The first-order valence-electron chi connectivity index (χ1n) is 17.3. The molecule has 4 saturated carbocycles. The van der Waals surface area contributed by atoms with E-state index < -0.39 is 13.2 Å². The van der Waals surface area contributed by atoms with Crippen molar-refractivity contribution < 1.29 is 28.7 Å². The molecule has 2 aliphatic heterocycles. The summed E-state index contributed by atoms with van der Waals surface area (Å²) in [6.45, 7) is 8.06. The second-order valence-corrected chi connectivity index (χ2v) is 14.8. The lowest BCUT2D eigenvalue weighted by atomic mass is 9.47. The average molecular weight is 630 g/mol. The van der Waals surface area contributed by atoms with Crippen molar-refractivity contribution in [2.45, 2.75) is 89.5 Å². The van der Waals surface area contributed by atoms with Crippen molar-refractivity contribution >= 4 is 18.9 Å². The van der Waals surface area contributed by atoms with Gasteiger partial charge >= 0.3 is 7.12 Å². The highest BCUT2D eigenvalue weighted by molar-refractivity contribution is 6.47. The van der Waals surface area contributed by atoms with E-state index in [0.717, 1.165) is 44.3 Å². The number of amides is 2. The smallest absolute Gasteiger partial charge is 0.481 e. The highest BCUT2D eigenvalue weighted by atomic mass is 16.7. The molecule has 2 heterocycles. The molecule has 0 radical (unpaired) electrons. The first-order chi connectivity index (χ1) is 22.2. The van der Waals surface area contributed by atoms with Gasteiger partial charge in [0.15, 0.2) is 0 Å². The van der Waals surface area contributed by atoms with Crippen LogP contribution in [0.15, 0.2) is 48.5 Å². The minimum atomic E-state index is -0.800. The number of phenols is 1. The molecule has 6 aliphatic rings. The van der Waals surface area contributed by atoms with Gasteiger partial charge in [-0.15, -0.1) is 0 Å². The third kappa shape index (κ3) is 6.59. The summed E-state index contributed by atoms with van der Waals surface area (Å²) in [5.74, 6) is 0.975. The molecule has 0 aromatic heterocycles. The van der Waals surface area contributed by atoms with Crippen LogP contribution in [0.2, 0.25) is 0 Å². The molecule has 0 spiro atoms. The van der Waals surface area contributed by atoms with Gasteiger partial charge in [-0.1, -0.05) is 63.4 Å². The predicted molar refractivity (Wildman–Crippen MR) is 175 cm³/mol. The number of carbonyl (C=O) groups excluding carboxylic acids is 2. The fourth-order valence-electron chi connectivity index (χ4n) is 8.31. The van der Waals surface area contributed by atoms with E-state index in [1.165, 1.54) is 12.8 Å². The van der Waals surface area contributed by atoms with E-state index in [0.29, 0.717) is 55.1 Å². The second kappa shape index (κ2) is 13.3. The van der Waals surface area contributed by atoms with Gasteiger partial charge in [0.2, 0.25) is 5.91 Å². The number of phenolic OH excluding ortho intramolecular Hbond substituents is 1. The van der Waals surface area contributed by atoms with Crippen LogP contribution in [-0.4, -0.2) is 79.4 Å². The molecule has 2 aromatic carbocycles.